The first-order valence-corrected chi connectivity index (χ1v) is 15.1. The number of hydrogen-bond acceptors (Lipinski definition) is 6. The third-order valence-corrected chi connectivity index (χ3v) is 9.06. The Labute approximate surface area is 247 Å². The highest BCUT2D eigenvalue weighted by molar-refractivity contribution is 7.80. The van der Waals surface area contributed by atoms with E-state index in [2.05, 4.69) is 69.8 Å². The Kier molecular flexibility index (Phi) is 8.10. The number of halogens is 1. The topological polar surface area (TPSA) is 65.5 Å². The van der Waals surface area contributed by atoms with Crippen LogP contribution in [0, 0.1) is 5.92 Å². The maximum Gasteiger partial charge on any atom is 0.232 e. The van der Waals surface area contributed by atoms with Gasteiger partial charge in [-0.2, -0.15) is 9.97 Å². The SMILES string of the molecule is CC1CCCN(c2cc(N3Cc4ccccc4C3)nc(NC(=S)NCC3(c4ccc(Cl)cc4)CCOCC3)n2)C1. The molecule has 2 saturated heterocycles. The van der Waals surface area contributed by atoms with E-state index in [0.717, 1.165) is 68.9 Å². The summed E-state index contributed by atoms with van der Waals surface area (Å²) in [5.41, 5.74) is 3.88. The summed E-state index contributed by atoms with van der Waals surface area (Å²) < 4.78 is 5.70. The van der Waals surface area contributed by atoms with Crippen molar-refractivity contribution < 1.29 is 4.74 Å². The Bertz CT molecular complexity index is 1320. The molecule has 40 heavy (non-hydrogen) atoms. The van der Waals surface area contributed by atoms with Crippen LogP contribution in [0.3, 0.4) is 0 Å². The minimum atomic E-state index is -0.0757. The van der Waals surface area contributed by atoms with E-state index < -0.39 is 0 Å². The van der Waals surface area contributed by atoms with Crippen LogP contribution >= 0.6 is 23.8 Å². The molecule has 4 heterocycles. The molecule has 0 aliphatic carbocycles. The predicted molar refractivity (Wildman–Crippen MR) is 166 cm³/mol. The molecule has 3 aliphatic rings. The van der Waals surface area contributed by atoms with E-state index in [0.29, 0.717) is 23.5 Å². The van der Waals surface area contributed by atoms with Crippen LogP contribution in [-0.2, 0) is 23.2 Å². The van der Waals surface area contributed by atoms with Crippen molar-refractivity contribution in [3.63, 3.8) is 0 Å². The van der Waals surface area contributed by atoms with E-state index in [1.165, 1.54) is 29.5 Å². The second-order valence-corrected chi connectivity index (χ2v) is 12.3. The number of anilines is 3. The van der Waals surface area contributed by atoms with E-state index >= 15 is 0 Å². The molecule has 0 spiro atoms. The number of aromatic nitrogens is 2. The van der Waals surface area contributed by atoms with Crippen LogP contribution in [0.2, 0.25) is 5.02 Å². The lowest BCUT2D eigenvalue weighted by molar-refractivity contribution is 0.0515. The van der Waals surface area contributed by atoms with E-state index in [9.17, 15) is 0 Å². The molecule has 9 heteroatoms. The molecule has 2 N–H and O–H groups in total. The highest BCUT2D eigenvalue weighted by Gasteiger charge is 2.34. The van der Waals surface area contributed by atoms with Gasteiger partial charge in [-0.15, -0.1) is 0 Å². The van der Waals surface area contributed by atoms with Crippen LogP contribution in [0.4, 0.5) is 17.6 Å². The number of benzene rings is 2. The van der Waals surface area contributed by atoms with Gasteiger partial charge in [0.1, 0.15) is 11.6 Å². The molecule has 0 radical (unpaired) electrons. The number of fused-ring (bicyclic) bond motifs is 1. The van der Waals surface area contributed by atoms with E-state index in [4.69, 9.17) is 38.5 Å². The minimum Gasteiger partial charge on any atom is -0.381 e. The van der Waals surface area contributed by atoms with Crippen molar-refractivity contribution in [3.05, 3.63) is 76.3 Å². The van der Waals surface area contributed by atoms with Gasteiger partial charge in [-0.3, -0.25) is 0 Å². The van der Waals surface area contributed by atoms with Crippen molar-refractivity contribution in [2.45, 2.75) is 51.1 Å². The Morgan fingerprint density at radius 1 is 1.02 bits per heavy atom. The lowest BCUT2D eigenvalue weighted by atomic mass is 9.74. The summed E-state index contributed by atoms with van der Waals surface area (Å²) in [4.78, 5) is 14.6. The molecule has 7 nitrogen and oxygen atoms in total. The Hall–Kier alpha value is -2.94. The Morgan fingerprint density at radius 3 is 2.38 bits per heavy atom. The van der Waals surface area contributed by atoms with E-state index in [-0.39, 0.29) is 5.41 Å². The van der Waals surface area contributed by atoms with Gasteiger partial charge in [0.25, 0.3) is 0 Å². The number of piperidine rings is 1. The number of nitrogens with zero attached hydrogens (tertiary/aromatic N) is 4. The van der Waals surface area contributed by atoms with Gasteiger partial charge >= 0.3 is 0 Å². The van der Waals surface area contributed by atoms with Gasteiger partial charge in [-0.05, 0) is 72.6 Å². The van der Waals surface area contributed by atoms with Gasteiger partial charge in [0.15, 0.2) is 5.11 Å². The molecule has 0 saturated carbocycles. The second-order valence-electron chi connectivity index (χ2n) is 11.4. The molecule has 1 aromatic heterocycles. The molecule has 3 aromatic rings. The number of rotatable bonds is 6. The third-order valence-electron chi connectivity index (χ3n) is 8.56. The summed E-state index contributed by atoms with van der Waals surface area (Å²) in [5, 5.41) is 8.09. The zero-order valence-electron chi connectivity index (χ0n) is 23.0. The standard InChI is InChI=1S/C31H37ClN6OS/c1-22-5-4-14-37(18-22)27-17-28(38-19-23-6-2-3-7-24(23)20-38)35-29(34-27)36-30(40)33-21-31(12-15-39-16-13-31)25-8-10-26(32)11-9-25/h2-3,6-11,17,22H,4-5,12-16,18-21H2,1H3,(H2,33,34,35,36,40). The summed E-state index contributed by atoms with van der Waals surface area (Å²) >= 11 is 12.0. The fourth-order valence-electron chi connectivity index (χ4n) is 6.22. The van der Waals surface area contributed by atoms with Gasteiger partial charge in [-0.25, -0.2) is 0 Å². The Balaban J connectivity index is 1.21. The molecule has 2 fully saturated rings. The number of ether oxygens (including phenoxy) is 1. The van der Waals surface area contributed by atoms with Gasteiger partial charge < -0.3 is 25.2 Å². The van der Waals surface area contributed by atoms with Gasteiger partial charge in [-0.1, -0.05) is 54.9 Å². The van der Waals surface area contributed by atoms with E-state index in [1.807, 2.05) is 12.1 Å². The molecular weight excluding hydrogens is 540 g/mol. The smallest absolute Gasteiger partial charge is 0.232 e. The van der Waals surface area contributed by atoms with Crippen LogP contribution in [0.1, 0.15) is 49.3 Å². The average molecular weight is 577 g/mol. The molecule has 3 aliphatic heterocycles. The van der Waals surface area contributed by atoms with Crippen molar-refractivity contribution in [1.82, 2.24) is 15.3 Å². The van der Waals surface area contributed by atoms with Gasteiger partial charge in [0.05, 0.1) is 0 Å². The van der Waals surface area contributed by atoms with Crippen molar-refractivity contribution >= 4 is 46.5 Å². The lowest BCUT2D eigenvalue weighted by Crippen LogP contribution is -2.45. The van der Waals surface area contributed by atoms with Gasteiger partial charge in [0.2, 0.25) is 5.95 Å². The van der Waals surface area contributed by atoms with Gasteiger partial charge in [0, 0.05) is 62.4 Å². The molecule has 210 valence electrons. The van der Waals surface area contributed by atoms with Crippen LogP contribution < -0.4 is 20.4 Å². The first kappa shape index (κ1) is 27.2. The maximum atomic E-state index is 6.18. The highest BCUT2D eigenvalue weighted by Crippen LogP contribution is 2.35. The number of nitrogens with one attached hydrogen (secondary N) is 2. The van der Waals surface area contributed by atoms with Crippen molar-refractivity contribution in [2.75, 3.05) is 48.0 Å². The third kappa shape index (κ3) is 6.04. The van der Waals surface area contributed by atoms with Crippen molar-refractivity contribution in [3.8, 4) is 0 Å². The molecule has 0 bridgehead atoms. The Morgan fingerprint density at radius 2 is 1.70 bits per heavy atom. The fourth-order valence-corrected chi connectivity index (χ4v) is 6.51. The maximum absolute atomic E-state index is 6.18. The lowest BCUT2D eigenvalue weighted by Gasteiger charge is -2.38. The first-order valence-electron chi connectivity index (χ1n) is 14.3. The van der Waals surface area contributed by atoms with Crippen LogP contribution in [0.25, 0.3) is 0 Å². The summed E-state index contributed by atoms with van der Waals surface area (Å²) in [6, 6.07) is 18.9. The highest BCUT2D eigenvalue weighted by atomic mass is 35.5. The number of hydrogen-bond donors (Lipinski definition) is 2. The first-order chi connectivity index (χ1) is 19.5. The summed E-state index contributed by atoms with van der Waals surface area (Å²) in [7, 11) is 0. The monoisotopic (exact) mass is 576 g/mol. The molecule has 6 rings (SSSR count). The van der Waals surface area contributed by atoms with Crippen molar-refractivity contribution in [1.29, 1.82) is 0 Å². The zero-order valence-corrected chi connectivity index (χ0v) is 24.6. The van der Waals surface area contributed by atoms with Crippen molar-refractivity contribution in [2.24, 2.45) is 5.92 Å². The molecule has 0 amide bonds. The normalized spacial score (nSPS) is 20.2. The summed E-state index contributed by atoms with van der Waals surface area (Å²) in [6.07, 6.45) is 4.27. The molecule has 1 unspecified atom stereocenters. The summed E-state index contributed by atoms with van der Waals surface area (Å²) in [6.45, 7) is 8.17. The van der Waals surface area contributed by atoms with E-state index in [1.54, 1.807) is 0 Å². The van der Waals surface area contributed by atoms with Crippen LogP contribution in [-0.4, -0.2) is 47.9 Å². The van der Waals surface area contributed by atoms with Crippen LogP contribution in [0.5, 0.6) is 0 Å². The predicted octanol–water partition coefficient (Wildman–Crippen LogP) is 5.92. The quantitative estimate of drug-likeness (QED) is 0.351. The number of thiocarbonyl (C=S) groups is 1. The zero-order chi connectivity index (χ0) is 27.5. The largest absolute Gasteiger partial charge is 0.381 e. The summed E-state index contributed by atoms with van der Waals surface area (Å²) in [5.74, 6) is 3.06. The molecular formula is C31H37ClN6OS. The fraction of sp³-hybridized carbons (Fsp3) is 0.452. The minimum absolute atomic E-state index is 0.0757. The second kappa shape index (κ2) is 11.9. The molecule has 2 aromatic carbocycles. The molecule has 1 atom stereocenters. The average Bonchev–Trinajstić information content (AvgIpc) is 3.42. The van der Waals surface area contributed by atoms with Crippen LogP contribution in [0.15, 0.2) is 54.6 Å².